The minimum Gasteiger partial charge on any atom is -0.224 e. The van der Waals surface area contributed by atoms with E-state index in [9.17, 15) is 8.42 Å². The third kappa shape index (κ3) is 1.78. The van der Waals surface area contributed by atoms with Gasteiger partial charge < -0.3 is 0 Å². The van der Waals surface area contributed by atoms with E-state index in [1.807, 2.05) is 26.0 Å². The topological polar surface area (TPSA) is 34.1 Å². The molecule has 0 saturated carbocycles. The SMILES string of the molecule is CC1(C)CC=CC=C1S(C)(=O)=O. The van der Waals surface area contributed by atoms with Crippen LogP contribution < -0.4 is 0 Å². The minimum absolute atomic E-state index is 0.234. The Hall–Kier alpha value is -0.570. The Kier molecular flexibility index (Phi) is 2.17. The summed E-state index contributed by atoms with van der Waals surface area (Å²) in [6.07, 6.45) is 7.56. The molecule has 0 unspecified atom stereocenters. The van der Waals surface area contributed by atoms with Crippen LogP contribution >= 0.6 is 0 Å². The summed E-state index contributed by atoms with van der Waals surface area (Å²) in [6.45, 7) is 3.90. The summed E-state index contributed by atoms with van der Waals surface area (Å²) in [5.74, 6) is 0. The van der Waals surface area contributed by atoms with Crippen LogP contribution in [-0.4, -0.2) is 14.7 Å². The van der Waals surface area contributed by atoms with E-state index in [-0.39, 0.29) is 5.41 Å². The van der Waals surface area contributed by atoms with Gasteiger partial charge in [0.05, 0.1) is 4.91 Å². The van der Waals surface area contributed by atoms with Gasteiger partial charge in [-0.1, -0.05) is 26.0 Å². The van der Waals surface area contributed by atoms with Gasteiger partial charge in [-0.05, 0) is 12.5 Å². The molecule has 68 valence electrons. The van der Waals surface area contributed by atoms with Crippen molar-refractivity contribution in [3.63, 3.8) is 0 Å². The summed E-state index contributed by atoms with van der Waals surface area (Å²) in [6, 6.07) is 0. The Labute approximate surface area is 73.9 Å². The number of sulfone groups is 1. The molecule has 0 heterocycles. The quantitative estimate of drug-likeness (QED) is 0.626. The van der Waals surface area contributed by atoms with Gasteiger partial charge in [-0.15, -0.1) is 0 Å². The summed E-state index contributed by atoms with van der Waals surface area (Å²) < 4.78 is 22.6. The second-order valence-corrected chi connectivity index (χ2v) is 5.80. The second kappa shape index (κ2) is 2.73. The predicted molar refractivity (Wildman–Crippen MR) is 50.5 cm³/mol. The number of rotatable bonds is 1. The van der Waals surface area contributed by atoms with Crippen molar-refractivity contribution in [2.24, 2.45) is 5.41 Å². The first-order valence-corrected chi connectivity index (χ1v) is 5.80. The van der Waals surface area contributed by atoms with Crippen LogP contribution in [0.5, 0.6) is 0 Å². The van der Waals surface area contributed by atoms with Gasteiger partial charge in [0.1, 0.15) is 0 Å². The average Bonchev–Trinajstić information content (AvgIpc) is 1.83. The van der Waals surface area contributed by atoms with Crippen molar-refractivity contribution in [2.75, 3.05) is 6.26 Å². The molecule has 0 aromatic rings. The zero-order valence-corrected chi connectivity index (χ0v) is 8.48. The average molecular weight is 186 g/mol. The van der Waals surface area contributed by atoms with Crippen LogP contribution in [0.1, 0.15) is 20.3 Å². The van der Waals surface area contributed by atoms with Crippen LogP contribution in [0.3, 0.4) is 0 Å². The normalized spacial score (nSPS) is 22.1. The monoisotopic (exact) mass is 186 g/mol. The lowest BCUT2D eigenvalue weighted by atomic mass is 9.86. The maximum absolute atomic E-state index is 11.3. The number of hydrogen-bond acceptors (Lipinski definition) is 2. The molecule has 0 saturated heterocycles. The Morgan fingerprint density at radius 2 is 2.00 bits per heavy atom. The van der Waals surface area contributed by atoms with Gasteiger partial charge in [0, 0.05) is 11.7 Å². The van der Waals surface area contributed by atoms with Crippen molar-refractivity contribution in [3.8, 4) is 0 Å². The molecule has 12 heavy (non-hydrogen) atoms. The van der Waals surface area contributed by atoms with Gasteiger partial charge in [-0.25, -0.2) is 8.42 Å². The Balaban J connectivity index is 3.19. The molecule has 2 nitrogen and oxygen atoms in total. The third-order valence-corrected chi connectivity index (χ3v) is 3.57. The molecule has 0 amide bonds. The van der Waals surface area contributed by atoms with E-state index in [1.54, 1.807) is 6.08 Å². The highest BCUT2D eigenvalue weighted by molar-refractivity contribution is 7.94. The molecule has 0 fully saturated rings. The standard InChI is InChI=1S/C9H14O2S/c1-9(2)7-5-4-6-8(9)12(3,10)11/h4-6H,7H2,1-3H3. The van der Waals surface area contributed by atoms with Crippen LogP contribution in [-0.2, 0) is 9.84 Å². The van der Waals surface area contributed by atoms with Gasteiger partial charge in [0.2, 0.25) is 0 Å². The number of allylic oxidation sites excluding steroid dienone is 4. The van der Waals surface area contributed by atoms with E-state index < -0.39 is 9.84 Å². The molecule has 0 radical (unpaired) electrons. The van der Waals surface area contributed by atoms with Crippen molar-refractivity contribution in [1.29, 1.82) is 0 Å². The largest absolute Gasteiger partial charge is 0.224 e. The van der Waals surface area contributed by atoms with E-state index in [4.69, 9.17) is 0 Å². The summed E-state index contributed by atoms with van der Waals surface area (Å²) in [5, 5.41) is 0. The first kappa shape index (κ1) is 9.52. The first-order valence-electron chi connectivity index (χ1n) is 3.91. The molecule has 0 bridgehead atoms. The first-order chi connectivity index (χ1) is 5.34. The summed E-state index contributed by atoms with van der Waals surface area (Å²) in [5.41, 5.74) is -0.234. The molecule has 0 atom stereocenters. The predicted octanol–water partition coefficient (Wildman–Crippen LogP) is 1.90. The highest BCUT2D eigenvalue weighted by Gasteiger charge is 2.30. The minimum atomic E-state index is -3.02. The molecule has 1 aliphatic rings. The fraction of sp³-hybridized carbons (Fsp3) is 0.556. The molecule has 1 rings (SSSR count). The highest BCUT2D eigenvalue weighted by atomic mass is 32.2. The maximum atomic E-state index is 11.3. The van der Waals surface area contributed by atoms with Crippen molar-refractivity contribution in [3.05, 3.63) is 23.1 Å². The van der Waals surface area contributed by atoms with Crippen molar-refractivity contribution < 1.29 is 8.42 Å². The van der Waals surface area contributed by atoms with E-state index in [0.717, 1.165) is 6.42 Å². The van der Waals surface area contributed by atoms with Crippen LogP contribution in [0.15, 0.2) is 23.1 Å². The Bertz CT molecular complexity index is 332. The molecule has 1 aliphatic carbocycles. The lowest BCUT2D eigenvalue weighted by Gasteiger charge is -2.27. The zero-order valence-electron chi connectivity index (χ0n) is 7.66. The fourth-order valence-corrected chi connectivity index (χ4v) is 2.88. The van der Waals surface area contributed by atoms with Crippen LogP contribution in [0.2, 0.25) is 0 Å². The number of hydrogen-bond donors (Lipinski definition) is 0. The Morgan fingerprint density at radius 3 is 2.33 bits per heavy atom. The summed E-state index contributed by atoms with van der Waals surface area (Å²) in [7, 11) is -3.02. The summed E-state index contributed by atoms with van der Waals surface area (Å²) in [4.78, 5) is 0.539. The molecule has 3 heteroatoms. The van der Waals surface area contributed by atoms with Crippen molar-refractivity contribution >= 4 is 9.84 Å². The lowest BCUT2D eigenvalue weighted by Crippen LogP contribution is -2.21. The highest BCUT2D eigenvalue weighted by Crippen LogP contribution is 2.36. The maximum Gasteiger partial charge on any atom is 0.172 e. The van der Waals surface area contributed by atoms with Crippen molar-refractivity contribution in [2.45, 2.75) is 20.3 Å². The fourth-order valence-electron chi connectivity index (χ4n) is 1.47. The van der Waals surface area contributed by atoms with Crippen LogP contribution in [0.25, 0.3) is 0 Å². The smallest absolute Gasteiger partial charge is 0.172 e. The van der Waals surface area contributed by atoms with Crippen LogP contribution in [0, 0.1) is 5.41 Å². The molecule has 0 spiro atoms. The molecule has 0 N–H and O–H groups in total. The van der Waals surface area contributed by atoms with E-state index >= 15 is 0 Å². The van der Waals surface area contributed by atoms with Gasteiger partial charge in [-0.2, -0.15) is 0 Å². The van der Waals surface area contributed by atoms with Gasteiger partial charge in [0.25, 0.3) is 0 Å². The molecule has 0 aromatic carbocycles. The van der Waals surface area contributed by atoms with E-state index in [1.165, 1.54) is 6.26 Å². The van der Waals surface area contributed by atoms with E-state index in [2.05, 4.69) is 0 Å². The molecular weight excluding hydrogens is 172 g/mol. The van der Waals surface area contributed by atoms with Crippen LogP contribution in [0.4, 0.5) is 0 Å². The third-order valence-electron chi connectivity index (χ3n) is 2.08. The molecular formula is C9H14O2S. The lowest BCUT2D eigenvalue weighted by molar-refractivity contribution is 0.464. The van der Waals surface area contributed by atoms with Gasteiger partial charge in [-0.3, -0.25) is 0 Å². The summed E-state index contributed by atoms with van der Waals surface area (Å²) >= 11 is 0. The van der Waals surface area contributed by atoms with Crippen molar-refractivity contribution in [1.82, 2.24) is 0 Å². The molecule has 0 aromatic heterocycles. The van der Waals surface area contributed by atoms with Gasteiger partial charge in [0.15, 0.2) is 9.84 Å². The second-order valence-electron chi connectivity index (χ2n) is 3.82. The van der Waals surface area contributed by atoms with E-state index in [0.29, 0.717) is 4.91 Å². The molecule has 0 aliphatic heterocycles. The zero-order chi connectivity index (χ0) is 9.41. The Morgan fingerprint density at radius 1 is 1.42 bits per heavy atom. The van der Waals surface area contributed by atoms with Gasteiger partial charge >= 0.3 is 0 Å².